The van der Waals surface area contributed by atoms with E-state index in [0.29, 0.717) is 0 Å². The van der Waals surface area contributed by atoms with Gasteiger partial charge in [0.05, 0.1) is 5.71 Å². The van der Waals surface area contributed by atoms with Crippen LogP contribution in [0, 0.1) is 13.8 Å². The SMILES string of the molecule is C/C(=N\NC(=O)COc1cccc(C)c1C)c1ccc2ccccc2c1. The summed E-state index contributed by atoms with van der Waals surface area (Å²) in [7, 11) is 0. The third kappa shape index (κ3) is 4.09. The average molecular weight is 346 g/mol. The number of hydrogen-bond acceptors (Lipinski definition) is 3. The first-order chi connectivity index (χ1) is 12.5. The Bertz CT molecular complexity index is 977. The van der Waals surface area contributed by atoms with Crippen molar-refractivity contribution in [2.75, 3.05) is 6.61 Å². The molecule has 0 heterocycles. The summed E-state index contributed by atoms with van der Waals surface area (Å²) in [6.07, 6.45) is 0. The molecule has 1 amide bonds. The van der Waals surface area contributed by atoms with Crippen LogP contribution in [0.15, 0.2) is 65.8 Å². The number of nitrogens with one attached hydrogen (secondary N) is 1. The Hall–Kier alpha value is -3.14. The summed E-state index contributed by atoms with van der Waals surface area (Å²) < 4.78 is 5.59. The molecule has 0 aliphatic carbocycles. The van der Waals surface area contributed by atoms with Gasteiger partial charge in [0, 0.05) is 0 Å². The van der Waals surface area contributed by atoms with Crippen LogP contribution in [0.2, 0.25) is 0 Å². The van der Waals surface area contributed by atoms with Gasteiger partial charge in [0.1, 0.15) is 5.75 Å². The molecule has 0 radical (unpaired) electrons. The molecule has 3 rings (SSSR count). The number of fused-ring (bicyclic) bond motifs is 1. The molecule has 3 aromatic carbocycles. The lowest BCUT2D eigenvalue weighted by Gasteiger charge is -2.10. The predicted molar refractivity (Wildman–Crippen MR) is 106 cm³/mol. The Morgan fingerprint density at radius 2 is 1.77 bits per heavy atom. The molecule has 0 saturated carbocycles. The van der Waals surface area contributed by atoms with E-state index >= 15 is 0 Å². The van der Waals surface area contributed by atoms with Gasteiger partial charge < -0.3 is 4.74 Å². The minimum Gasteiger partial charge on any atom is -0.483 e. The number of rotatable bonds is 5. The van der Waals surface area contributed by atoms with Gasteiger partial charge in [0.25, 0.3) is 5.91 Å². The Morgan fingerprint density at radius 1 is 1.00 bits per heavy atom. The van der Waals surface area contributed by atoms with E-state index in [4.69, 9.17) is 4.74 Å². The second-order valence-electron chi connectivity index (χ2n) is 6.28. The number of carbonyl (C=O) groups excluding carboxylic acids is 1. The highest BCUT2D eigenvalue weighted by molar-refractivity contribution is 6.02. The van der Waals surface area contributed by atoms with E-state index in [1.165, 1.54) is 5.39 Å². The van der Waals surface area contributed by atoms with Crippen LogP contribution < -0.4 is 10.2 Å². The minimum atomic E-state index is -0.286. The average Bonchev–Trinajstić information content (AvgIpc) is 2.66. The first kappa shape index (κ1) is 17.7. The van der Waals surface area contributed by atoms with Gasteiger partial charge in [-0.15, -0.1) is 0 Å². The lowest BCUT2D eigenvalue weighted by atomic mass is 10.0. The van der Waals surface area contributed by atoms with Gasteiger partial charge in [-0.25, -0.2) is 5.43 Å². The molecular formula is C22H22N2O2. The predicted octanol–water partition coefficient (Wildman–Crippen LogP) is 4.38. The van der Waals surface area contributed by atoms with Crippen molar-refractivity contribution in [2.24, 2.45) is 5.10 Å². The van der Waals surface area contributed by atoms with Crippen molar-refractivity contribution in [3.8, 4) is 5.75 Å². The van der Waals surface area contributed by atoms with Crippen LogP contribution in [0.3, 0.4) is 0 Å². The van der Waals surface area contributed by atoms with E-state index in [0.717, 1.165) is 33.5 Å². The third-order valence-electron chi connectivity index (χ3n) is 4.43. The first-order valence-electron chi connectivity index (χ1n) is 8.56. The van der Waals surface area contributed by atoms with Crippen molar-refractivity contribution in [1.29, 1.82) is 0 Å². The number of benzene rings is 3. The van der Waals surface area contributed by atoms with Gasteiger partial charge >= 0.3 is 0 Å². The van der Waals surface area contributed by atoms with Crippen LogP contribution in [0.25, 0.3) is 10.8 Å². The van der Waals surface area contributed by atoms with Crippen LogP contribution in [0.4, 0.5) is 0 Å². The zero-order valence-electron chi connectivity index (χ0n) is 15.2. The van der Waals surface area contributed by atoms with Crippen LogP contribution in [0.5, 0.6) is 5.75 Å². The lowest BCUT2D eigenvalue weighted by molar-refractivity contribution is -0.123. The summed E-state index contributed by atoms with van der Waals surface area (Å²) in [6, 6.07) is 20.0. The fourth-order valence-electron chi connectivity index (χ4n) is 2.68. The molecule has 0 aromatic heterocycles. The fraction of sp³-hybridized carbons (Fsp3) is 0.182. The Morgan fingerprint density at radius 3 is 2.58 bits per heavy atom. The number of hydrogen-bond donors (Lipinski definition) is 1. The van der Waals surface area contributed by atoms with E-state index in [-0.39, 0.29) is 12.5 Å². The number of nitrogens with zero attached hydrogens (tertiary/aromatic N) is 1. The van der Waals surface area contributed by atoms with Gasteiger partial charge in [-0.05, 0) is 60.4 Å². The van der Waals surface area contributed by atoms with Crippen molar-refractivity contribution >= 4 is 22.4 Å². The Kier molecular flexibility index (Phi) is 5.32. The molecule has 0 atom stereocenters. The summed E-state index contributed by atoms with van der Waals surface area (Å²) in [6.45, 7) is 5.79. The number of carbonyl (C=O) groups is 1. The smallest absolute Gasteiger partial charge is 0.277 e. The van der Waals surface area contributed by atoms with Crippen molar-refractivity contribution in [1.82, 2.24) is 5.43 Å². The summed E-state index contributed by atoms with van der Waals surface area (Å²) in [4.78, 5) is 12.0. The molecule has 0 aliphatic heterocycles. The van der Waals surface area contributed by atoms with E-state index in [1.54, 1.807) is 0 Å². The first-order valence-corrected chi connectivity index (χ1v) is 8.56. The number of aryl methyl sites for hydroxylation is 1. The van der Waals surface area contributed by atoms with Crippen LogP contribution in [-0.4, -0.2) is 18.2 Å². The number of hydrazone groups is 1. The topological polar surface area (TPSA) is 50.7 Å². The second-order valence-corrected chi connectivity index (χ2v) is 6.28. The Labute approximate surface area is 153 Å². The molecule has 26 heavy (non-hydrogen) atoms. The largest absolute Gasteiger partial charge is 0.483 e. The maximum atomic E-state index is 12.0. The standard InChI is InChI=1S/C22H22N2O2/c1-15-7-6-10-21(16(15)2)26-14-22(25)24-23-17(3)19-12-11-18-8-4-5-9-20(18)13-19/h4-13H,14H2,1-3H3,(H,24,25)/b23-17+. The molecule has 0 spiro atoms. The summed E-state index contributed by atoms with van der Waals surface area (Å²) in [5.74, 6) is 0.432. The highest BCUT2D eigenvalue weighted by atomic mass is 16.5. The molecule has 0 saturated heterocycles. The highest BCUT2D eigenvalue weighted by Crippen LogP contribution is 2.20. The van der Waals surface area contributed by atoms with Crippen molar-refractivity contribution in [2.45, 2.75) is 20.8 Å². The molecule has 1 N–H and O–H groups in total. The van der Waals surface area contributed by atoms with Gasteiger partial charge in [0.15, 0.2) is 6.61 Å². The molecule has 3 aromatic rings. The summed E-state index contributed by atoms with van der Waals surface area (Å²) in [5, 5.41) is 6.51. The van der Waals surface area contributed by atoms with Crippen molar-refractivity contribution in [3.63, 3.8) is 0 Å². The van der Waals surface area contributed by atoms with E-state index < -0.39 is 0 Å². The third-order valence-corrected chi connectivity index (χ3v) is 4.43. The van der Waals surface area contributed by atoms with Crippen LogP contribution in [-0.2, 0) is 4.79 Å². The normalized spacial score (nSPS) is 11.4. The zero-order valence-corrected chi connectivity index (χ0v) is 15.2. The molecule has 0 bridgehead atoms. The van der Waals surface area contributed by atoms with Gasteiger partial charge in [-0.3, -0.25) is 4.79 Å². The van der Waals surface area contributed by atoms with E-state index in [2.05, 4.69) is 34.8 Å². The quantitative estimate of drug-likeness (QED) is 0.551. The van der Waals surface area contributed by atoms with Crippen LogP contribution in [0.1, 0.15) is 23.6 Å². The molecule has 4 heteroatoms. The minimum absolute atomic E-state index is 0.0706. The molecular weight excluding hydrogens is 324 g/mol. The summed E-state index contributed by atoms with van der Waals surface area (Å²) in [5.41, 5.74) is 6.45. The highest BCUT2D eigenvalue weighted by Gasteiger charge is 2.06. The number of ether oxygens (including phenoxy) is 1. The zero-order chi connectivity index (χ0) is 18.5. The maximum Gasteiger partial charge on any atom is 0.277 e. The molecule has 0 aliphatic rings. The maximum absolute atomic E-state index is 12.0. The van der Waals surface area contributed by atoms with Gasteiger partial charge in [0.2, 0.25) is 0 Å². The molecule has 132 valence electrons. The molecule has 4 nitrogen and oxygen atoms in total. The molecule has 0 fully saturated rings. The second kappa shape index (κ2) is 7.83. The summed E-state index contributed by atoms with van der Waals surface area (Å²) >= 11 is 0. The number of amides is 1. The lowest BCUT2D eigenvalue weighted by Crippen LogP contribution is -2.25. The van der Waals surface area contributed by atoms with Gasteiger partial charge in [-0.1, -0.05) is 48.5 Å². The molecule has 0 unspecified atom stereocenters. The Balaban J connectivity index is 1.62. The van der Waals surface area contributed by atoms with E-state index in [1.807, 2.05) is 57.2 Å². The van der Waals surface area contributed by atoms with Gasteiger partial charge in [-0.2, -0.15) is 5.10 Å². The van der Waals surface area contributed by atoms with E-state index in [9.17, 15) is 4.79 Å². The fourth-order valence-corrected chi connectivity index (χ4v) is 2.68. The van der Waals surface area contributed by atoms with Crippen LogP contribution >= 0.6 is 0 Å². The van der Waals surface area contributed by atoms with Crippen molar-refractivity contribution in [3.05, 3.63) is 77.4 Å². The monoisotopic (exact) mass is 346 g/mol. The van der Waals surface area contributed by atoms with Crippen molar-refractivity contribution < 1.29 is 9.53 Å².